The van der Waals surface area contributed by atoms with Gasteiger partial charge in [0.15, 0.2) is 0 Å². The predicted octanol–water partition coefficient (Wildman–Crippen LogP) is 5.11. The molecule has 2 nitrogen and oxygen atoms in total. The van der Waals surface area contributed by atoms with Gasteiger partial charge >= 0.3 is 0 Å². The first-order valence-electron chi connectivity index (χ1n) is 6.63. The Morgan fingerprint density at radius 1 is 1.26 bits per heavy atom. The summed E-state index contributed by atoms with van der Waals surface area (Å²) in [5, 5.41) is 14.2. The van der Waals surface area contributed by atoms with Crippen LogP contribution < -0.4 is 5.32 Å². The quantitative estimate of drug-likeness (QED) is 0.709. The van der Waals surface area contributed by atoms with E-state index in [0.717, 1.165) is 16.6 Å². The van der Waals surface area contributed by atoms with Gasteiger partial charge in [-0.2, -0.15) is 0 Å². The smallest absolute Gasteiger partial charge is 0.0835 e. The lowest BCUT2D eigenvalue weighted by molar-refractivity contribution is 0.155. The molecular formula is C14H18BrCl2NO. The molecule has 0 heterocycles. The maximum Gasteiger partial charge on any atom is 0.0835 e. The zero-order valence-corrected chi connectivity index (χ0v) is 13.7. The van der Waals surface area contributed by atoms with Gasteiger partial charge in [0, 0.05) is 11.0 Å². The molecule has 0 aromatic heterocycles. The highest BCUT2D eigenvalue weighted by Gasteiger charge is 2.19. The van der Waals surface area contributed by atoms with Crippen LogP contribution in [0.2, 0.25) is 10.0 Å². The minimum atomic E-state index is -0.332. The number of nitrogens with one attached hydrogen (secondary N) is 1. The SMILES string of the molecule is OC(CNc1ccc(Br)c(Cl)c1Cl)CC1CCCC1. The maximum absolute atomic E-state index is 10.0. The van der Waals surface area contributed by atoms with Crippen LogP contribution >= 0.6 is 39.1 Å². The number of halogens is 3. The van der Waals surface area contributed by atoms with Crippen LogP contribution in [-0.4, -0.2) is 17.8 Å². The molecule has 1 aliphatic carbocycles. The molecule has 1 fully saturated rings. The summed E-state index contributed by atoms with van der Waals surface area (Å²) in [5.74, 6) is 0.681. The molecule has 106 valence electrons. The minimum Gasteiger partial charge on any atom is -0.391 e. The van der Waals surface area contributed by atoms with E-state index in [1.807, 2.05) is 12.1 Å². The van der Waals surface area contributed by atoms with Crippen LogP contribution in [0.3, 0.4) is 0 Å². The molecule has 19 heavy (non-hydrogen) atoms. The van der Waals surface area contributed by atoms with E-state index in [1.165, 1.54) is 25.7 Å². The molecule has 1 saturated carbocycles. The van der Waals surface area contributed by atoms with E-state index < -0.39 is 0 Å². The van der Waals surface area contributed by atoms with Gasteiger partial charge in [-0.1, -0.05) is 48.9 Å². The lowest BCUT2D eigenvalue weighted by Crippen LogP contribution is -2.22. The molecule has 2 rings (SSSR count). The summed E-state index contributed by atoms with van der Waals surface area (Å²) in [7, 11) is 0. The molecule has 1 aliphatic rings. The first kappa shape index (κ1) is 15.4. The third-order valence-electron chi connectivity index (χ3n) is 3.64. The van der Waals surface area contributed by atoms with E-state index in [-0.39, 0.29) is 6.10 Å². The van der Waals surface area contributed by atoms with Crippen molar-refractivity contribution in [3.05, 3.63) is 26.7 Å². The molecule has 1 unspecified atom stereocenters. The molecule has 1 aromatic carbocycles. The standard InChI is InChI=1S/C14H18BrCl2NO/c15-11-5-6-12(14(17)13(11)16)18-8-10(19)7-9-3-1-2-4-9/h5-6,9-10,18-19H,1-4,7-8H2. The molecular weight excluding hydrogens is 349 g/mol. The number of benzene rings is 1. The molecule has 0 radical (unpaired) electrons. The van der Waals surface area contributed by atoms with Gasteiger partial charge in [0.1, 0.15) is 0 Å². The van der Waals surface area contributed by atoms with Gasteiger partial charge in [-0.25, -0.2) is 0 Å². The Bertz CT molecular complexity index is 436. The molecule has 0 spiro atoms. The number of anilines is 1. The largest absolute Gasteiger partial charge is 0.391 e. The first-order valence-corrected chi connectivity index (χ1v) is 8.18. The summed E-state index contributed by atoms with van der Waals surface area (Å²) < 4.78 is 0.774. The average Bonchev–Trinajstić information content (AvgIpc) is 2.88. The summed E-state index contributed by atoms with van der Waals surface area (Å²) in [6.45, 7) is 0.508. The van der Waals surface area contributed by atoms with Gasteiger partial charge in [-0.15, -0.1) is 0 Å². The van der Waals surface area contributed by atoms with E-state index in [2.05, 4.69) is 21.2 Å². The van der Waals surface area contributed by atoms with Crippen molar-refractivity contribution >= 4 is 44.8 Å². The van der Waals surface area contributed by atoms with Gasteiger partial charge in [0.2, 0.25) is 0 Å². The fourth-order valence-electron chi connectivity index (χ4n) is 2.60. The van der Waals surface area contributed by atoms with Crippen LogP contribution in [0.5, 0.6) is 0 Å². The number of aliphatic hydroxyl groups excluding tert-OH is 1. The van der Waals surface area contributed by atoms with Gasteiger partial charge in [-0.05, 0) is 40.4 Å². The third kappa shape index (κ3) is 4.25. The van der Waals surface area contributed by atoms with Crippen molar-refractivity contribution in [1.82, 2.24) is 0 Å². The number of rotatable bonds is 5. The van der Waals surface area contributed by atoms with E-state index in [0.29, 0.717) is 22.5 Å². The second-order valence-electron chi connectivity index (χ2n) is 5.14. The molecule has 1 atom stereocenters. The van der Waals surface area contributed by atoms with Crippen LogP contribution in [0.4, 0.5) is 5.69 Å². The van der Waals surface area contributed by atoms with Crippen molar-refractivity contribution in [2.45, 2.75) is 38.2 Å². The van der Waals surface area contributed by atoms with Gasteiger partial charge in [-0.3, -0.25) is 0 Å². The van der Waals surface area contributed by atoms with Crippen LogP contribution in [-0.2, 0) is 0 Å². The van der Waals surface area contributed by atoms with Gasteiger partial charge in [0.05, 0.1) is 21.8 Å². The Labute approximate surface area is 132 Å². The summed E-state index contributed by atoms with van der Waals surface area (Å²) in [5.41, 5.74) is 0.764. The normalized spacial score (nSPS) is 17.7. The Kier molecular flexibility index (Phi) is 5.82. The van der Waals surface area contributed by atoms with Crippen LogP contribution in [0.1, 0.15) is 32.1 Å². The lowest BCUT2D eigenvalue weighted by atomic mass is 10.00. The van der Waals surface area contributed by atoms with Gasteiger partial charge < -0.3 is 10.4 Å². The van der Waals surface area contributed by atoms with Crippen molar-refractivity contribution in [3.8, 4) is 0 Å². The van der Waals surface area contributed by atoms with Crippen molar-refractivity contribution < 1.29 is 5.11 Å². The van der Waals surface area contributed by atoms with Crippen molar-refractivity contribution in [2.24, 2.45) is 5.92 Å². The first-order chi connectivity index (χ1) is 9.08. The highest BCUT2D eigenvalue weighted by atomic mass is 79.9. The molecule has 0 aliphatic heterocycles. The van der Waals surface area contributed by atoms with Crippen molar-refractivity contribution in [2.75, 3.05) is 11.9 Å². The predicted molar refractivity (Wildman–Crippen MR) is 85.2 cm³/mol. The van der Waals surface area contributed by atoms with Crippen molar-refractivity contribution in [3.63, 3.8) is 0 Å². The second-order valence-corrected chi connectivity index (χ2v) is 6.75. The summed E-state index contributed by atoms with van der Waals surface area (Å²) in [4.78, 5) is 0. The topological polar surface area (TPSA) is 32.3 Å². The Morgan fingerprint density at radius 3 is 2.63 bits per heavy atom. The summed E-state index contributed by atoms with van der Waals surface area (Å²) >= 11 is 15.5. The number of hydrogen-bond donors (Lipinski definition) is 2. The molecule has 5 heteroatoms. The van der Waals surface area contributed by atoms with E-state index >= 15 is 0 Å². The second kappa shape index (κ2) is 7.16. The molecule has 2 N–H and O–H groups in total. The molecule has 0 bridgehead atoms. The molecule has 0 amide bonds. The summed E-state index contributed by atoms with van der Waals surface area (Å²) in [6, 6.07) is 3.71. The number of hydrogen-bond acceptors (Lipinski definition) is 2. The van der Waals surface area contributed by atoms with Crippen LogP contribution in [0, 0.1) is 5.92 Å². The highest BCUT2D eigenvalue weighted by Crippen LogP contribution is 2.36. The molecule has 0 saturated heterocycles. The maximum atomic E-state index is 10.0. The van der Waals surface area contributed by atoms with Crippen LogP contribution in [0.15, 0.2) is 16.6 Å². The summed E-state index contributed by atoms with van der Waals surface area (Å²) in [6.07, 6.45) is 5.65. The monoisotopic (exact) mass is 365 g/mol. The number of aliphatic hydroxyl groups is 1. The van der Waals surface area contributed by atoms with Gasteiger partial charge in [0.25, 0.3) is 0 Å². The average molecular weight is 367 g/mol. The zero-order valence-electron chi connectivity index (χ0n) is 10.6. The Morgan fingerprint density at radius 2 is 1.95 bits per heavy atom. The minimum absolute atomic E-state index is 0.332. The van der Waals surface area contributed by atoms with E-state index in [1.54, 1.807) is 0 Å². The molecule has 1 aromatic rings. The van der Waals surface area contributed by atoms with Crippen LogP contribution in [0.25, 0.3) is 0 Å². The van der Waals surface area contributed by atoms with E-state index in [9.17, 15) is 5.11 Å². The highest BCUT2D eigenvalue weighted by molar-refractivity contribution is 9.10. The fourth-order valence-corrected chi connectivity index (χ4v) is 3.45. The Balaban J connectivity index is 1.86. The lowest BCUT2D eigenvalue weighted by Gasteiger charge is -2.17. The van der Waals surface area contributed by atoms with E-state index in [4.69, 9.17) is 23.2 Å². The zero-order chi connectivity index (χ0) is 13.8. The fraction of sp³-hybridized carbons (Fsp3) is 0.571. The van der Waals surface area contributed by atoms with Crippen molar-refractivity contribution in [1.29, 1.82) is 0 Å². The third-order valence-corrected chi connectivity index (χ3v) is 5.41. The Hall–Kier alpha value is 0.0400.